The summed E-state index contributed by atoms with van der Waals surface area (Å²) in [6.07, 6.45) is 4.75. The molecule has 0 saturated carbocycles. The summed E-state index contributed by atoms with van der Waals surface area (Å²) in [4.78, 5) is 15.4. The van der Waals surface area contributed by atoms with Gasteiger partial charge in [-0.25, -0.2) is 4.98 Å². The zero-order valence-corrected chi connectivity index (χ0v) is 15.8. The minimum absolute atomic E-state index is 0.585. The maximum absolute atomic E-state index is 4.57. The summed E-state index contributed by atoms with van der Waals surface area (Å²) >= 11 is 0. The van der Waals surface area contributed by atoms with Crippen LogP contribution < -0.4 is 10.6 Å². The molecule has 3 aromatic rings. The molecule has 2 aromatic carbocycles. The number of benzene rings is 2. The summed E-state index contributed by atoms with van der Waals surface area (Å²) in [5, 5.41) is 6.67. The fourth-order valence-corrected chi connectivity index (χ4v) is 3.14. The number of aliphatic imine (C=N–C) groups is 1. The predicted octanol–water partition coefficient (Wildman–Crippen LogP) is 4.03. The van der Waals surface area contributed by atoms with Crippen LogP contribution in [0.2, 0.25) is 0 Å². The normalized spacial score (nSPS) is 12.9. The van der Waals surface area contributed by atoms with E-state index in [9.17, 15) is 0 Å². The topological polar surface area (TPSA) is 65.4 Å². The van der Waals surface area contributed by atoms with E-state index in [2.05, 4.69) is 54.8 Å². The van der Waals surface area contributed by atoms with Gasteiger partial charge < -0.3 is 15.5 Å². The minimum atomic E-state index is 0.585. The number of hydrogen-bond acceptors (Lipinski definition) is 6. The number of rotatable bonds is 8. The summed E-state index contributed by atoms with van der Waals surface area (Å²) in [5.74, 6) is 1.41. The van der Waals surface area contributed by atoms with E-state index >= 15 is 0 Å². The molecule has 1 aliphatic rings. The van der Waals surface area contributed by atoms with Gasteiger partial charge in [-0.15, -0.1) is 0 Å². The van der Waals surface area contributed by atoms with Crippen LogP contribution in [0.1, 0.15) is 6.42 Å². The molecule has 0 bridgehead atoms. The van der Waals surface area contributed by atoms with Gasteiger partial charge in [0.15, 0.2) is 0 Å². The second-order valence-corrected chi connectivity index (χ2v) is 6.68. The molecule has 0 aliphatic carbocycles. The second kappa shape index (κ2) is 8.99. The van der Waals surface area contributed by atoms with Gasteiger partial charge in [0.2, 0.25) is 5.95 Å². The van der Waals surface area contributed by atoms with Gasteiger partial charge >= 0.3 is 0 Å². The van der Waals surface area contributed by atoms with Crippen molar-refractivity contribution in [2.24, 2.45) is 4.99 Å². The van der Waals surface area contributed by atoms with Crippen LogP contribution in [0.4, 0.5) is 17.5 Å². The molecule has 0 unspecified atom stereocenters. The summed E-state index contributed by atoms with van der Waals surface area (Å²) in [6, 6.07) is 20.5. The molecule has 0 saturated heterocycles. The lowest BCUT2D eigenvalue weighted by molar-refractivity contribution is 0.461. The first-order chi connectivity index (χ1) is 13.9. The highest BCUT2D eigenvalue weighted by Gasteiger charge is 2.05. The molecule has 0 atom stereocenters. The van der Waals surface area contributed by atoms with E-state index in [-0.39, 0.29) is 0 Å². The van der Waals surface area contributed by atoms with E-state index in [1.807, 2.05) is 42.7 Å². The molecule has 6 nitrogen and oxygen atoms in total. The average molecular weight is 372 g/mol. The molecule has 0 spiro atoms. The molecule has 142 valence electrons. The number of hydrogen-bond donors (Lipinski definition) is 2. The number of nitrogens with one attached hydrogen (secondary N) is 2. The van der Waals surface area contributed by atoms with Gasteiger partial charge in [-0.3, -0.25) is 4.99 Å². The fourth-order valence-electron chi connectivity index (χ4n) is 3.14. The molecule has 28 heavy (non-hydrogen) atoms. The first kappa shape index (κ1) is 18.0. The Labute approximate surface area is 165 Å². The van der Waals surface area contributed by atoms with Crippen LogP contribution in [0.25, 0.3) is 11.1 Å². The van der Waals surface area contributed by atoms with E-state index in [0.717, 1.165) is 49.7 Å². The molecule has 1 aromatic heterocycles. The SMILES string of the molecule is C1=NCCN1CCCNc1ccnc(Nc2cccc(-c3ccccc3)c2)n1. The first-order valence-electron chi connectivity index (χ1n) is 9.60. The summed E-state index contributed by atoms with van der Waals surface area (Å²) in [5.41, 5.74) is 3.31. The molecule has 0 radical (unpaired) electrons. The quantitative estimate of drug-likeness (QED) is 0.585. The van der Waals surface area contributed by atoms with Gasteiger partial charge in [0.25, 0.3) is 0 Å². The molecular formula is C22H24N6. The number of aromatic nitrogens is 2. The van der Waals surface area contributed by atoms with Crippen molar-refractivity contribution in [1.82, 2.24) is 14.9 Å². The predicted molar refractivity (Wildman–Crippen MR) is 115 cm³/mol. The van der Waals surface area contributed by atoms with Crippen LogP contribution in [-0.2, 0) is 0 Å². The highest BCUT2D eigenvalue weighted by Crippen LogP contribution is 2.23. The van der Waals surface area contributed by atoms with E-state index in [0.29, 0.717) is 5.95 Å². The molecule has 6 heteroatoms. The Bertz CT molecular complexity index is 925. The maximum atomic E-state index is 4.57. The van der Waals surface area contributed by atoms with E-state index in [1.54, 1.807) is 6.20 Å². The van der Waals surface area contributed by atoms with Gasteiger partial charge in [-0.2, -0.15) is 4.98 Å². The minimum Gasteiger partial charge on any atom is -0.370 e. The van der Waals surface area contributed by atoms with Crippen molar-refractivity contribution >= 4 is 23.8 Å². The van der Waals surface area contributed by atoms with Crippen molar-refractivity contribution in [3.63, 3.8) is 0 Å². The van der Waals surface area contributed by atoms with Crippen molar-refractivity contribution in [2.45, 2.75) is 6.42 Å². The molecule has 4 rings (SSSR count). The van der Waals surface area contributed by atoms with Gasteiger partial charge in [-0.1, -0.05) is 42.5 Å². The molecule has 2 heterocycles. The van der Waals surface area contributed by atoms with Crippen molar-refractivity contribution in [3.05, 3.63) is 66.9 Å². The van der Waals surface area contributed by atoms with E-state index in [1.165, 1.54) is 5.56 Å². The van der Waals surface area contributed by atoms with Gasteiger partial charge in [0.1, 0.15) is 5.82 Å². The highest BCUT2D eigenvalue weighted by atomic mass is 15.2. The molecule has 0 fully saturated rings. The van der Waals surface area contributed by atoms with Crippen LogP contribution in [-0.4, -0.2) is 47.4 Å². The molecule has 2 N–H and O–H groups in total. The Kier molecular flexibility index (Phi) is 5.77. The highest BCUT2D eigenvalue weighted by molar-refractivity contribution is 5.69. The zero-order chi connectivity index (χ0) is 19.0. The van der Waals surface area contributed by atoms with Crippen LogP contribution in [0.3, 0.4) is 0 Å². The average Bonchev–Trinajstić information content (AvgIpc) is 3.26. The third kappa shape index (κ3) is 4.85. The Morgan fingerprint density at radius 3 is 2.71 bits per heavy atom. The lowest BCUT2D eigenvalue weighted by Gasteiger charge is -2.14. The maximum Gasteiger partial charge on any atom is 0.229 e. The Balaban J connectivity index is 1.35. The Hall–Kier alpha value is -3.41. The van der Waals surface area contributed by atoms with Crippen molar-refractivity contribution in [2.75, 3.05) is 36.8 Å². The molecular weight excluding hydrogens is 348 g/mol. The van der Waals surface area contributed by atoms with Crippen molar-refractivity contribution < 1.29 is 0 Å². The van der Waals surface area contributed by atoms with Crippen LogP contribution in [0, 0.1) is 0 Å². The number of nitrogens with zero attached hydrogens (tertiary/aromatic N) is 4. The Morgan fingerprint density at radius 1 is 0.964 bits per heavy atom. The molecule has 0 amide bonds. The van der Waals surface area contributed by atoms with Crippen molar-refractivity contribution in [3.8, 4) is 11.1 Å². The van der Waals surface area contributed by atoms with E-state index < -0.39 is 0 Å². The van der Waals surface area contributed by atoms with Gasteiger partial charge in [-0.05, 0) is 35.7 Å². The lowest BCUT2D eigenvalue weighted by atomic mass is 10.1. The zero-order valence-electron chi connectivity index (χ0n) is 15.8. The largest absolute Gasteiger partial charge is 0.370 e. The molecule has 1 aliphatic heterocycles. The van der Waals surface area contributed by atoms with Crippen LogP contribution in [0.15, 0.2) is 71.9 Å². The van der Waals surface area contributed by atoms with E-state index in [4.69, 9.17) is 0 Å². The summed E-state index contributed by atoms with van der Waals surface area (Å²) in [6.45, 7) is 3.83. The summed E-state index contributed by atoms with van der Waals surface area (Å²) in [7, 11) is 0. The smallest absolute Gasteiger partial charge is 0.229 e. The van der Waals surface area contributed by atoms with Crippen LogP contribution in [0.5, 0.6) is 0 Å². The second-order valence-electron chi connectivity index (χ2n) is 6.68. The van der Waals surface area contributed by atoms with Crippen molar-refractivity contribution in [1.29, 1.82) is 0 Å². The third-order valence-electron chi connectivity index (χ3n) is 4.57. The first-order valence-corrected chi connectivity index (χ1v) is 9.60. The standard InChI is InChI=1S/C22H24N6/c1-2-6-18(7-3-1)19-8-4-9-20(16-19)26-22-25-12-10-21(27-22)24-11-5-14-28-15-13-23-17-28/h1-4,6-10,12,16-17H,5,11,13-15H2,(H2,24,25,26,27). The fraction of sp³-hybridized carbons (Fsp3) is 0.227. The summed E-state index contributed by atoms with van der Waals surface area (Å²) < 4.78 is 0. The third-order valence-corrected chi connectivity index (χ3v) is 4.57. The van der Waals surface area contributed by atoms with Gasteiger partial charge in [0.05, 0.1) is 12.9 Å². The number of anilines is 3. The van der Waals surface area contributed by atoms with Crippen LogP contribution >= 0.6 is 0 Å². The monoisotopic (exact) mass is 372 g/mol. The Morgan fingerprint density at radius 2 is 1.86 bits per heavy atom. The lowest BCUT2D eigenvalue weighted by Crippen LogP contribution is -2.22. The van der Waals surface area contributed by atoms with Gasteiger partial charge in [0, 0.05) is 31.5 Å².